The minimum atomic E-state index is -0.303. The minimum absolute atomic E-state index is 0.149. The zero-order chi connectivity index (χ0) is 25.8. The van der Waals surface area contributed by atoms with Crippen molar-refractivity contribution in [1.29, 1.82) is 0 Å². The van der Waals surface area contributed by atoms with E-state index in [1.54, 1.807) is 25.1 Å². The Labute approximate surface area is 217 Å². The predicted molar refractivity (Wildman–Crippen MR) is 140 cm³/mol. The minimum Gasteiger partial charge on any atom is -0.497 e. The van der Waals surface area contributed by atoms with E-state index in [1.807, 2.05) is 30.3 Å². The lowest BCUT2D eigenvalue weighted by molar-refractivity contribution is -0.149. The Kier molecular flexibility index (Phi) is 7.35. The topological polar surface area (TPSA) is 84.9 Å². The summed E-state index contributed by atoms with van der Waals surface area (Å²) in [6.07, 6.45) is 4.00. The van der Waals surface area contributed by atoms with Crippen LogP contribution in [0.3, 0.4) is 0 Å². The first-order valence-corrected chi connectivity index (χ1v) is 12.9. The van der Waals surface area contributed by atoms with Crippen molar-refractivity contribution in [1.82, 2.24) is 14.9 Å². The van der Waals surface area contributed by atoms with E-state index in [4.69, 9.17) is 14.5 Å². The lowest BCUT2D eigenvalue weighted by Gasteiger charge is -2.34. The van der Waals surface area contributed by atoms with Gasteiger partial charge in [0.2, 0.25) is 0 Å². The smallest absolute Gasteiger partial charge is 0.310 e. The molecule has 37 heavy (non-hydrogen) atoms. The van der Waals surface area contributed by atoms with Crippen LogP contribution < -0.4 is 9.64 Å². The predicted octanol–water partition coefficient (Wildman–Crippen LogP) is 4.13. The Hall–Kier alpha value is -3.94. The number of benzene rings is 2. The number of likely N-dealkylation sites (tertiary alicyclic amines) is 1. The molecular weight excluding hydrogens is 468 g/mol. The van der Waals surface area contributed by atoms with Gasteiger partial charge in [0.1, 0.15) is 17.1 Å². The highest BCUT2D eigenvalue weighted by molar-refractivity contribution is 5.99. The lowest BCUT2D eigenvalue weighted by Crippen LogP contribution is -2.43. The van der Waals surface area contributed by atoms with Gasteiger partial charge in [-0.2, -0.15) is 0 Å². The van der Waals surface area contributed by atoms with Crippen LogP contribution in [0.2, 0.25) is 0 Å². The van der Waals surface area contributed by atoms with Gasteiger partial charge in [0.15, 0.2) is 5.82 Å². The molecule has 8 nitrogen and oxygen atoms in total. The van der Waals surface area contributed by atoms with Crippen LogP contribution in [0, 0.1) is 5.92 Å². The zero-order valence-electron chi connectivity index (χ0n) is 21.4. The number of hydrogen-bond acceptors (Lipinski definition) is 7. The summed E-state index contributed by atoms with van der Waals surface area (Å²) in [7, 11) is 1.63. The van der Waals surface area contributed by atoms with Crippen LogP contribution in [0.1, 0.15) is 41.3 Å². The fourth-order valence-electron chi connectivity index (χ4n) is 5.10. The number of aromatic nitrogens is 2. The summed E-state index contributed by atoms with van der Waals surface area (Å²) < 4.78 is 10.5. The summed E-state index contributed by atoms with van der Waals surface area (Å²) >= 11 is 0. The third-order valence-corrected chi connectivity index (χ3v) is 7.11. The average molecular weight is 501 g/mol. The van der Waals surface area contributed by atoms with Gasteiger partial charge in [0.05, 0.1) is 19.6 Å². The molecule has 0 saturated carbocycles. The maximum absolute atomic E-state index is 13.8. The van der Waals surface area contributed by atoms with E-state index in [-0.39, 0.29) is 17.8 Å². The highest BCUT2D eigenvalue weighted by Gasteiger charge is 2.32. The summed E-state index contributed by atoms with van der Waals surface area (Å²) in [6, 6.07) is 16.0. The molecule has 0 bridgehead atoms. The number of methoxy groups -OCH3 is 1. The highest BCUT2D eigenvalue weighted by Crippen LogP contribution is 2.30. The molecule has 1 fully saturated rings. The molecule has 2 aliphatic rings. The molecule has 1 atom stereocenters. The summed E-state index contributed by atoms with van der Waals surface area (Å²) in [5.41, 5.74) is 3.86. The second-order valence-corrected chi connectivity index (χ2v) is 9.44. The van der Waals surface area contributed by atoms with Gasteiger partial charge in [0, 0.05) is 37.9 Å². The SMILES string of the molecule is CCOC(=O)[C@@H]1CCCN(C(=O)c2cnc(-c3ccc(OC)cc3)nc2N2CCc3ccccc3C2)C1. The molecule has 0 N–H and O–H groups in total. The Morgan fingerprint density at radius 3 is 2.59 bits per heavy atom. The second-order valence-electron chi connectivity index (χ2n) is 9.44. The molecule has 1 aromatic heterocycles. The molecule has 5 rings (SSSR count). The number of fused-ring (bicyclic) bond motifs is 1. The van der Waals surface area contributed by atoms with Crippen molar-refractivity contribution < 1.29 is 19.1 Å². The molecule has 2 aromatic carbocycles. The number of amides is 1. The fraction of sp³-hybridized carbons (Fsp3) is 0.379. The van der Waals surface area contributed by atoms with Crippen LogP contribution in [-0.2, 0) is 22.5 Å². The van der Waals surface area contributed by atoms with Crippen LogP contribution >= 0.6 is 0 Å². The van der Waals surface area contributed by atoms with Crippen molar-refractivity contribution in [2.24, 2.45) is 5.92 Å². The van der Waals surface area contributed by atoms with E-state index in [0.29, 0.717) is 43.4 Å². The van der Waals surface area contributed by atoms with Gasteiger partial charge in [-0.1, -0.05) is 24.3 Å². The summed E-state index contributed by atoms with van der Waals surface area (Å²) in [6.45, 7) is 4.50. The van der Waals surface area contributed by atoms with Crippen LogP contribution in [0.15, 0.2) is 54.7 Å². The number of carbonyl (C=O) groups is 2. The van der Waals surface area contributed by atoms with Gasteiger partial charge in [-0.05, 0) is 61.6 Å². The molecule has 0 unspecified atom stereocenters. The fourth-order valence-corrected chi connectivity index (χ4v) is 5.10. The van der Waals surface area contributed by atoms with Gasteiger partial charge in [-0.15, -0.1) is 0 Å². The maximum Gasteiger partial charge on any atom is 0.310 e. The standard InChI is InChI=1S/C29H32N4O4/c1-3-37-29(35)23-9-6-15-33(19-23)28(34)25-17-30-26(21-10-12-24(36-2)13-11-21)31-27(25)32-16-14-20-7-4-5-8-22(20)18-32/h4-5,7-8,10-13,17,23H,3,6,9,14-16,18-19H2,1-2H3/t23-/m1/s1. The molecule has 192 valence electrons. The quantitative estimate of drug-likeness (QED) is 0.471. The zero-order valence-corrected chi connectivity index (χ0v) is 21.4. The maximum atomic E-state index is 13.8. The first kappa shape index (κ1) is 24.7. The number of piperidine rings is 1. The molecule has 0 spiro atoms. The van der Waals surface area contributed by atoms with Gasteiger partial charge >= 0.3 is 5.97 Å². The van der Waals surface area contributed by atoms with E-state index in [1.165, 1.54) is 11.1 Å². The monoisotopic (exact) mass is 500 g/mol. The van der Waals surface area contributed by atoms with E-state index >= 15 is 0 Å². The molecule has 2 aliphatic heterocycles. The van der Waals surface area contributed by atoms with E-state index in [0.717, 1.165) is 37.1 Å². The van der Waals surface area contributed by atoms with Crippen LogP contribution in [0.4, 0.5) is 5.82 Å². The van der Waals surface area contributed by atoms with Gasteiger partial charge in [-0.25, -0.2) is 9.97 Å². The number of anilines is 1. The van der Waals surface area contributed by atoms with Crippen molar-refractivity contribution in [2.45, 2.75) is 32.7 Å². The first-order valence-electron chi connectivity index (χ1n) is 12.9. The third kappa shape index (κ3) is 5.28. The average Bonchev–Trinajstić information content (AvgIpc) is 2.96. The van der Waals surface area contributed by atoms with Crippen molar-refractivity contribution in [3.05, 3.63) is 71.4 Å². The van der Waals surface area contributed by atoms with Crippen LogP contribution in [-0.4, -0.2) is 60.1 Å². The largest absolute Gasteiger partial charge is 0.497 e. The first-order chi connectivity index (χ1) is 18.1. The molecule has 1 saturated heterocycles. The van der Waals surface area contributed by atoms with Crippen molar-refractivity contribution in [3.63, 3.8) is 0 Å². The summed E-state index contributed by atoms with van der Waals surface area (Å²) in [4.78, 5) is 39.6. The molecule has 3 aromatic rings. The van der Waals surface area contributed by atoms with Gasteiger partial charge in [-0.3, -0.25) is 9.59 Å². The van der Waals surface area contributed by atoms with E-state index in [9.17, 15) is 9.59 Å². The summed E-state index contributed by atoms with van der Waals surface area (Å²) in [5.74, 6) is 1.24. The third-order valence-electron chi connectivity index (χ3n) is 7.11. The molecule has 0 aliphatic carbocycles. The number of hydrogen-bond donors (Lipinski definition) is 0. The second kappa shape index (κ2) is 11.0. The molecule has 1 amide bonds. The Bertz CT molecular complexity index is 1280. The highest BCUT2D eigenvalue weighted by atomic mass is 16.5. The normalized spacial score (nSPS) is 17.2. The Morgan fingerprint density at radius 2 is 1.84 bits per heavy atom. The molecule has 8 heteroatoms. The van der Waals surface area contributed by atoms with Crippen molar-refractivity contribution in [3.8, 4) is 17.1 Å². The number of nitrogens with zero attached hydrogens (tertiary/aromatic N) is 4. The summed E-state index contributed by atoms with van der Waals surface area (Å²) in [5, 5.41) is 0. The van der Waals surface area contributed by atoms with Crippen molar-refractivity contribution >= 4 is 17.7 Å². The number of ether oxygens (including phenoxy) is 2. The number of carbonyl (C=O) groups excluding carboxylic acids is 2. The number of rotatable bonds is 6. The van der Waals surface area contributed by atoms with Gasteiger partial charge < -0.3 is 19.3 Å². The molecular formula is C29H32N4O4. The van der Waals surface area contributed by atoms with E-state index < -0.39 is 0 Å². The van der Waals surface area contributed by atoms with Crippen molar-refractivity contribution in [2.75, 3.05) is 38.3 Å². The number of esters is 1. The van der Waals surface area contributed by atoms with Gasteiger partial charge in [0.25, 0.3) is 5.91 Å². The lowest BCUT2D eigenvalue weighted by atomic mass is 9.97. The van der Waals surface area contributed by atoms with Crippen LogP contribution in [0.25, 0.3) is 11.4 Å². The van der Waals surface area contributed by atoms with Crippen LogP contribution in [0.5, 0.6) is 5.75 Å². The molecule has 3 heterocycles. The molecule has 0 radical (unpaired) electrons. The Balaban J connectivity index is 1.48. The van der Waals surface area contributed by atoms with E-state index in [2.05, 4.69) is 28.1 Å². The Morgan fingerprint density at radius 1 is 1.05 bits per heavy atom.